The van der Waals surface area contributed by atoms with Crippen LogP contribution in [0.15, 0.2) is 66.7 Å². The average molecular weight is 363 g/mol. The lowest BCUT2D eigenvalue weighted by molar-refractivity contribution is -0.130. The number of para-hydroxylation sites is 1. The molecule has 0 aliphatic heterocycles. The van der Waals surface area contributed by atoms with Crippen molar-refractivity contribution in [1.82, 2.24) is 10.3 Å². The quantitative estimate of drug-likeness (QED) is 0.640. The van der Waals surface area contributed by atoms with Crippen LogP contribution in [0.3, 0.4) is 0 Å². The molecule has 0 spiro atoms. The second-order valence-electron chi connectivity index (χ2n) is 6.20. The number of nitrogens with one attached hydrogen (secondary N) is 1. The van der Waals surface area contributed by atoms with Crippen LogP contribution in [-0.2, 0) is 27.4 Å². The minimum absolute atomic E-state index is 0.149. The summed E-state index contributed by atoms with van der Waals surface area (Å²) >= 11 is 0. The average Bonchev–Trinajstić information content (AvgIpc) is 2.68. The van der Waals surface area contributed by atoms with Crippen LogP contribution in [0.1, 0.15) is 11.3 Å². The summed E-state index contributed by atoms with van der Waals surface area (Å²) in [5, 5.41) is 3.63. The number of aromatic nitrogens is 1. The highest BCUT2D eigenvalue weighted by atomic mass is 16.5. The van der Waals surface area contributed by atoms with E-state index in [1.54, 1.807) is 0 Å². The molecular weight excluding hydrogens is 342 g/mol. The first kappa shape index (κ1) is 18.5. The number of primary amides is 1. The third kappa shape index (κ3) is 5.36. The molecule has 0 radical (unpaired) electrons. The number of rotatable bonds is 8. The van der Waals surface area contributed by atoms with E-state index in [2.05, 4.69) is 10.3 Å². The van der Waals surface area contributed by atoms with Gasteiger partial charge in [0.05, 0.1) is 12.1 Å². The van der Waals surface area contributed by atoms with Crippen molar-refractivity contribution in [1.29, 1.82) is 0 Å². The first-order valence-corrected chi connectivity index (χ1v) is 8.67. The normalized spacial score (nSPS) is 11.9. The van der Waals surface area contributed by atoms with E-state index in [0.29, 0.717) is 12.3 Å². The molecule has 27 heavy (non-hydrogen) atoms. The van der Waals surface area contributed by atoms with Crippen molar-refractivity contribution in [2.75, 3.05) is 6.61 Å². The minimum atomic E-state index is -0.841. The molecule has 0 bridgehead atoms. The molecule has 2 amide bonds. The second kappa shape index (κ2) is 8.91. The van der Waals surface area contributed by atoms with Crippen molar-refractivity contribution in [3.8, 4) is 0 Å². The molecule has 138 valence electrons. The molecule has 1 aromatic heterocycles. The molecule has 0 saturated heterocycles. The van der Waals surface area contributed by atoms with E-state index in [0.717, 1.165) is 16.5 Å². The zero-order valence-corrected chi connectivity index (χ0v) is 14.8. The maximum absolute atomic E-state index is 12.1. The summed E-state index contributed by atoms with van der Waals surface area (Å²) in [4.78, 5) is 28.3. The summed E-state index contributed by atoms with van der Waals surface area (Å²) < 4.78 is 5.39. The molecule has 0 fully saturated rings. The number of carbonyl (C=O) groups is 2. The zero-order valence-electron chi connectivity index (χ0n) is 14.8. The summed E-state index contributed by atoms with van der Waals surface area (Å²) in [6, 6.07) is 20.2. The standard InChI is InChI=1S/C21H21N3O3/c22-21(26)19(12-17-11-10-16-8-4-5-9-18(16)23-17)24-20(25)14-27-13-15-6-2-1-3-7-15/h1-11,19H,12-14H2,(H2,22,26)(H,24,25)/t19-/m1/s1. The zero-order chi connectivity index (χ0) is 19.1. The Bertz CT molecular complexity index is 928. The molecule has 0 saturated carbocycles. The van der Waals surface area contributed by atoms with E-state index >= 15 is 0 Å². The predicted octanol–water partition coefficient (Wildman–Crippen LogP) is 1.96. The largest absolute Gasteiger partial charge is 0.368 e. The highest BCUT2D eigenvalue weighted by molar-refractivity contribution is 5.87. The van der Waals surface area contributed by atoms with Crippen molar-refractivity contribution in [2.45, 2.75) is 19.1 Å². The van der Waals surface area contributed by atoms with Gasteiger partial charge < -0.3 is 15.8 Å². The Hall–Kier alpha value is -3.25. The first-order chi connectivity index (χ1) is 13.1. The molecule has 3 aromatic rings. The highest BCUT2D eigenvalue weighted by Gasteiger charge is 2.19. The topological polar surface area (TPSA) is 94.3 Å². The summed E-state index contributed by atoms with van der Waals surface area (Å²) in [5.41, 5.74) is 7.93. The van der Waals surface area contributed by atoms with Gasteiger partial charge in [-0.1, -0.05) is 54.6 Å². The fraction of sp³-hybridized carbons (Fsp3) is 0.190. The van der Waals surface area contributed by atoms with Crippen LogP contribution >= 0.6 is 0 Å². The summed E-state index contributed by atoms with van der Waals surface area (Å²) in [6.45, 7) is 0.172. The van der Waals surface area contributed by atoms with Gasteiger partial charge in [-0.15, -0.1) is 0 Å². The van der Waals surface area contributed by atoms with Gasteiger partial charge in [0.25, 0.3) is 0 Å². The lowest BCUT2D eigenvalue weighted by Gasteiger charge is -2.15. The molecule has 0 unspecified atom stereocenters. The van der Waals surface area contributed by atoms with E-state index in [1.165, 1.54) is 0 Å². The number of nitrogens with two attached hydrogens (primary N) is 1. The third-order valence-corrected chi connectivity index (χ3v) is 4.09. The SMILES string of the molecule is NC(=O)[C@@H](Cc1ccc2ccccc2n1)NC(=O)COCc1ccccc1. The third-order valence-electron chi connectivity index (χ3n) is 4.09. The number of pyridine rings is 1. The van der Waals surface area contributed by atoms with E-state index < -0.39 is 17.9 Å². The van der Waals surface area contributed by atoms with Gasteiger partial charge in [0.1, 0.15) is 12.6 Å². The molecule has 1 heterocycles. The fourth-order valence-electron chi connectivity index (χ4n) is 2.73. The van der Waals surface area contributed by atoms with Gasteiger partial charge in [0.15, 0.2) is 0 Å². The number of carbonyl (C=O) groups excluding carboxylic acids is 2. The number of fused-ring (bicyclic) bond motifs is 1. The van der Waals surface area contributed by atoms with Crippen LogP contribution in [0, 0.1) is 0 Å². The Morgan fingerprint density at radius 1 is 1.00 bits per heavy atom. The Kier molecular flexibility index (Phi) is 6.12. The summed E-state index contributed by atoms with van der Waals surface area (Å²) in [5.74, 6) is -1.00. The van der Waals surface area contributed by atoms with Crippen molar-refractivity contribution in [3.63, 3.8) is 0 Å². The van der Waals surface area contributed by atoms with Gasteiger partial charge in [0.2, 0.25) is 11.8 Å². The van der Waals surface area contributed by atoms with Gasteiger partial charge in [-0.05, 0) is 17.7 Å². The molecule has 6 heteroatoms. The second-order valence-corrected chi connectivity index (χ2v) is 6.20. The predicted molar refractivity (Wildman–Crippen MR) is 103 cm³/mol. The molecule has 3 N–H and O–H groups in total. The number of benzene rings is 2. The van der Waals surface area contributed by atoms with E-state index in [9.17, 15) is 9.59 Å². The number of hydrogen-bond donors (Lipinski definition) is 2. The van der Waals surface area contributed by atoms with Gasteiger partial charge in [-0.2, -0.15) is 0 Å². The number of ether oxygens (including phenoxy) is 1. The van der Waals surface area contributed by atoms with Crippen molar-refractivity contribution in [2.24, 2.45) is 5.73 Å². The van der Waals surface area contributed by atoms with Gasteiger partial charge in [-0.25, -0.2) is 0 Å². The van der Waals surface area contributed by atoms with Crippen LogP contribution in [0.4, 0.5) is 0 Å². The lowest BCUT2D eigenvalue weighted by atomic mass is 10.1. The smallest absolute Gasteiger partial charge is 0.246 e. The highest BCUT2D eigenvalue weighted by Crippen LogP contribution is 2.13. The van der Waals surface area contributed by atoms with E-state index in [4.69, 9.17) is 10.5 Å². The molecule has 1 atom stereocenters. The van der Waals surface area contributed by atoms with Gasteiger partial charge in [0, 0.05) is 17.5 Å². The molecule has 3 rings (SSSR count). The Labute approximate surface area is 157 Å². The fourth-order valence-corrected chi connectivity index (χ4v) is 2.73. The summed E-state index contributed by atoms with van der Waals surface area (Å²) in [6.07, 6.45) is 0.227. The monoisotopic (exact) mass is 363 g/mol. The number of hydrogen-bond acceptors (Lipinski definition) is 4. The van der Waals surface area contributed by atoms with Crippen LogP contribution in [0.25, 0.3) is 10.9 Å². The number of amides is 2. The molecule has 2 aromatic carbocycles. The molecular formula is C21H21N3O3. The van der Waals surface area contributed by atoms with Crippen molar-refractivity contribution < 1.29 is 14.3 Å². The van der Waals surface area contributed by atoms with Gasteiger partial charge in [-0.3, -0.25) is 14.6 Å². The van der Waals surface area contributed by atoms with Crippen LogP contribution in [0.2, 0.25) is 0 Å². The van der Waals surface area contributed by atoms with Gasteiger partial charge >= 0.3 is 0 Å². The van der Waals surface area contributed by atoms with Crippen molar-refractivity contribution >= 4 is 22.7 Å². The van der Waals surface area contributed by atoms with Crippen LogP contribution < -0.4 is 11.1 Å². The Morgan fingerprint density at radius 3 is 2.52 bits per heavy atom. The minimum Gasteiger partial charge on any atom is -0.368 e. The van der Waals surface area contributed by atoms with Crippen molar-refractivity contribution in [3.05, 3.63) is 78.0 Å². The molecule has 0 aliphatic rings. The van der Waals surface area contributed by atoms with Crippen LogP contribution in [-0.4, -0.2) is 29.4 Å². The van der Waals surface area contributed by atoms with E-state index in [-0.39, 0.29) is 13.0 Å². The Morgan fingerprint density at radius 2 is 1.74 bits per heavy atom. The molecule has 6 nitrogen and oxygen atoms in total. The molecule has 0 aliphatic carbocycles. The summed E-state index contributed by atoms with van der Waals surface area (Å²) in [7, 11) is 0. The van der Waals surface area contributed by atoms with Crippen LogP contribution in [0.5, 0.6) is 0 Å². The first-order valence-electron chi connectivity index (χ1n) is 8.67. The Balaban J connectivity index is 1.56. The van der Waals surface area contributed by atoms with E-state index in [1.807, 2.05) is 66.7 Å². The maximum atomic E-state index is 12.1. The maximum Gasteiger partial charge on any atom is 0.246 e. The number of nitrogens with zero attached hydrogens (tertiary/aromatic N) is 1. The lowest BCUT2D eigenvalue weighted by Crippen LogP contribution is -2.47.